The zero-order valence-electron chi connectivity index (χ0n) is 37.2. The number of rotatable bonds is 9. The first-order valence-corrected chi connectivity index (χ1v) is 19.8. The normalized spacial score (nSPS) is 12.2. The molecule has 0 amide bonds. The van der Waals surface area contributed by atoms with Gasteiger partial charge in [-0.3, -0.25) is 0 Å². The summed E-state index contributed by atoms with van der Waals surface area (Å²) in [7, 11) is 0. The van der Waals surface area contributed by atoms with E-state index < -0.39 is 6.04 Å². The van der Waals surface area contributed by atoms with Gasteiger partial charge in [0.15, 0.2) is 0 Å². The average Bonchev–Trinajstić information content (AvgIpc) is 3.36. The monoisotopic (exact) mass is 756 g/mol. The Kier molecular flexibility index (Phi) is 8.25. The molecule has 0 fully saturated rings. The fraction of sp³-hybridized carbons (Fsp3) is 0. The predicted molar refractivity (Wildman–Crippen MR) is 251 cm³/mol. The highest BCUT2D eigenvalue weighted by atomic mass is 15.1. The van der Waals surface area contributed by atoms with Gasteiger partial charge in [0, 0.05) is 16.9 Å². The first-order chi connectivity index (χ1) is 31.4. The summed E-state index contributed by atoms with van der Waals surface area (Å²) in [6, 6.07) is 74.8. The van der Waals surface area contributed by atoms with E-state index in [4.69, 9.17) is 6.85 Å². The van der Waals surface area contributed by atoms with Crippen LogP contribution < -0.4 is 4.90 Å². The third kappa shape index (κ3) is 7.12. The van der Waals surface area contributed by atoms with Crippen molar-refractivity contribution in [1.82, 2.24) is 0 Å². The van der Waals surface area contributed by atoms with Gasteiger partial charge in [-0.1, -0.05) is 218 Å². The smallest absolute Gasteiger partial charge is 0.0629 e. The Morgan fingerprint density at radius 1 is 0.271 bits per heavy atom. The van der Waals surface area contributed by atoms with E-state index in [0.717, 1.165) is 61.6 Å². The van der Waals surface area contributed by atoms with Gasteiger partial charge in [-0.2, -0.15) is 0 Å². The fourth-order valence-electron chi connectivity index (χ4n) is 8.16. The molecule has 0 radical (unpaired) electrons. The number of benzene rings is 10. The van der Waals surface area contributed by atoms with Crippen molar-refractivity contribution < 1.29 is 6.85 Å². The summed E-state index contributed by atoms with van der Waals surface area (Å²) >= 11 is 0. The van der Waals surface area contributed by atoms with Crippen LogP contribution in [-0.4, -0.2) is 0 Å². The molecule has 0 aliphatic rings. The van der Waals surface area contributed by atoms with Crippen molar-refractivity contribution in [3.63, 3.8) is 0 Å². The summed E-state index contributed by atoms with van der Waals surface area (Å²) in [4.78, 5) is 2.33. The van der Waals surface area contributed by atoms with Crippen LogP contribution in [0.25, 0.3) is 77.5 Å². The van der Waals surface area contributed by atoms with Crippen LogP contribution in [0.5, 0.6) is 0 Å². The van der Waals surface area contributed by atoms with Gasteiger partial charge in [-0.15, -0.1) is 0 Å². The maximum absolute atomic E-state index is 8.48. The quantitative estimate of drug-likeness (QED) is 0.142. The molecular formula is C58H41N. The fourth-order valence-corrected chi connectivity index (χ4v) is 8.16. The minimum absolute atomic E-state index is 0.193. The van der Waals surface area contributed by atoms with Gasteiger partial charge in [0.2, 0.25) is 0 Å². The van der Waals surface area contributed by atoms with Crippen LogP contribution >= 0.6 is 0 Å². The minimum atomic E-state index is -0.398. The van der Waals surface area contributed by atoms with Crippen molar-refractivity contribution >= 4 is 27.8 Å². The predicted octanol–water partition coefficient (Wildman–Crippen LogP) is 16.3. The molecule has 0 spiro atoms. The molecule has 1 heteroatoms. The van der Waals surface area contributed by atoms with E-state index >= 15 is 0 Å². The SMILES string of the molecule is [2H]c1c([2H])c([2H])c(-c2ccc(-c3ccc(N(c4ccc(-c5cccc6ccccc56)cc4)c4ccccc4-c4ccccc4-c4ccccc4-c4ccccc4)cc3)cc2)c([2H])c1[2H]. The number of hydrogen-bond acceptors (Lipinski definition) is 1. The highest BCUT2D eigenvalue weighted by Gasteiger charge is 2.20. The molecule has 0 saturated carbocycles. The van der Waals surface area contributed by atoms with Crippen LogP contribution in [0.2, 0.25) is 0 Å². The van der Waals surface area contributed by atoms with Crippen molar-refractivity contribution in [2.24, 2.45) is 0 Å². The third-order valence-electron chi connectivity index (χ3n) is 11.0. The molecule has 10 aromatic rings. The zero-order chi connectivity index (χ0) is 43.7. The second-order valence-electron chi connectivity index (χ2n) is 14.5. The topological polar surface area (TPSA) is 3.24 Å². The highest BCUT2D eigenvalue weighted by molar-refractivity contribution is 5.99. The Balaban J connectivity index is 1.08. The van der Waals surface area contributed by atoms with Gasteiger partial charge >= 0.3 is 0 Å². The van der Waals surface area contributed by atoms with E-state index in [1.165, 1.54) is 21.9 Å². The largest absolute Gasteiger partial charge is 0.310 e. The molecule has 0 aromatic heterocycles. The lowest BCUT2D eigenvalue weighted by Gasteiger charge is -2.29. The van der Waals surface area contributed by atoms with Crippen LogP contribution in [-0.2, 0) is 0 Å². The summed E-state index contributed by atoms with van der Waals surface area (Å²) in [5.41, 5.74) is 14.9. The molecule has 0 unspecified atom stereocenters. The van der Waals surface area contributed by atoms with Crippen molar-refractivity contribution in [3.05, 3.63) is 249 Å². The maximum atomic E-state index is 8.48. The number of para-hydroxylation sites is 1. The summed E-state index contributed by atoms with van der Waals surface area (Å²) in [5.74, 6) is 0. The van der Waals surface area contributed by atoms with Gasteiger partial charge < -0.3 is 4.90 Å². The molecular weight excluding hydrogens is 711 g/mol. The first kappa shape index (κ1) is 30.4. The number of hydrogen-bond donors (Lipinski definition) is 0. The molecule has 1 nitrogen and oxygen atoms in total. The molecule has 0 N–H and O–H groups in total. The molecule has 0 heterocycles. The van der Waals surface area contributed by atoms with Crippen molar-refractivity contribution in [1.29, 1.82) is 0 Å². The minimum Gasteiger partial charge on any atom is -0.310 e. The Bertz CT molecular complexity index is 3270. The molecule has 0 atom stereocenters. The number of anilines is 3. The van der Waals surface area contributed by atoms with Gasteiger partial charge in [0.25, 0.3) is 0 Å². The Hall–Kier alpha value is -7.74. The molecule has 0 saturated heterocycles. The third-order valence-corrected chi connectivity index (χ3v) is 11.0. The second kappa shape index (κ2) is 16.0. The second-order valence-corrected chi connectivity index (χ2v) is 14.5. The number of nitrogens with zero attached hydrogens (tertiary/aromatic N) is 1. The van der Waals surface area contributed by atoms with E-state index in [1.54, 1.807) is 0 Å². The molecule has 0 bridgehead atoms. The van der Waals surface area contributed by atoms with E-state index in [-0.39, 0.29) is 29.7 Å². The van der Waals surface area contributed by atoms with Gasteiger partial charge in [-0.25, -0.2) is 0 Å². The molecule has 0 aliphatic carbocycles. The van der Waals surface area contributed by atoms with Gasteiger partial charge in [0.05, 0.1) is 12.5 Å². The summed E-state index contributed by atoms with van der Waals surface area (Å²) < 4.78 is 41.3. The molecule has 0 aliphatic heterocycles. The molecule has 278 valence electrons. The zero-order valence-corrected chi connectivity index (χ0v) is 32.2. The molecule has 10 rings (SSSR count). The van der Waals surface area contributed by atoms with Gasteiger partial charge in [0.1, 0.15) is 0 Å². The van der Waals surface area contributed by atoms with Crippen LogP contribution in [0.4, 0.5) is 17.1 Å². The number of fused-ring (bicyclic) bond motifs is 1. The van der Waals surface area contributed by atoms with Crippen molar-refractivity contribution in [2.45, 2.75) is 0 Å². The summed E-state index contributed by atoms with van der Waals surface area (Å²) in [6.45, 7) is 0. The van der Waals surface area contributed by atoms with Crippen LogP contribution in [0.15, 0.2) is 249 Å². The van der Waals surface area contributed by atoms with Gasteiger partial charge in [-0.05, 0) is 102 Å². The van der Waals surface area contributed by atoms with Crippen molar-refractivity contribution in [2.75, 3.05) is 4.90 Å². The van der Waals surface area contributed by atoms with Crippen LogP contribution in [0, 0.1) is 0 Å². The lowest BCUT2D eigenvalue weighted by Crippen LogP contribution is -2.11. The lowest BCUT2D eigenvalue weighted by molar-refractivity contribution is 1.28. The van der Waals surface area contributed by atoms with Crippen molar-refractivity contribution in [3.8, 4) is 66.8 Å². The average molecular weight is 757 g/mol. The Morgan fingerprint density at radius 3 is 1.36 bits per heavy atom. The van der Waals surface area contributed by atoms with E-state index in [9.17, 15) is 0 Å². The van der Waals surface area contributed by atoms with E-state index in [0.29, 0.717) is 5.56 Å². The first-order valence-electron chi connectivity index (χ1n) is 22.3. The highest BCUT2D eigenvalue weighted by Crippen LogP contribution is 2.46. The molecule has 59 heavy (non-hydrogen) atoms. The van der Waals surface area contributed by atoms with Crippen LogP contribution in [0.3, 0.4) is 0 Å². The maximum Gasteiger partial charge on any atom is 0.0629 e. The lowest BCUT2D eigenvalue weighted by atomic mass is 9.88. The summed E-state index contributed by atoms with van der Waals surface area (Å²) in [6.07, 6.45) is 0. The van der Waals surface area contributed by atoms with E-state index in [2.05, 4.69) is 199 Å². The standard InChI is InChI=1S/C58H41N/c1-3-16-42(17-4-1)43-30-32-44(33-31-43)45-34-38-49(39-35-45)59(50-40-36-48(37-41-50)52-28-15-21-47-20-7-8-22-51(47)52)58-29-14-13-27-57(58)56-26-12-11-25-55(56)54-24-10-9-23-53(54)46-18-5-2-6-19-46/h1-41H/i1D,3D,4D,16D,17D. The van der Waals surface area contributed by atoms with Crippen LogP contribution in [0.1, 0.15) is 6.85 Å². The summed E-state index contributed by atoms with van der Waals surface area (Å²) in [5, 5.41) is 2.42. The Labute approximate surface area is 353 Å². The van der Waals surface area contributed by atoms with E-state index in [1.807, 2.05) is 24.3 Å². The molecule has 10 aromatic carbocycles. The Morgan fingerprint density at radius 2 is 0.695 bits per heavy atom.